The SMILES string of the molecule is CCc1ccc(C(C)N2CCCCC2CNC)cc1. The standard InChI is InChI=1S/C17H28N2/c1-4-15-8-10-16(11-9-15)14(2)19-12-6-5-7-17(19)13-18-3/h8-11,14,17-18H,4-7,12-13H2,1-3H3. The number of benzene rings is 1. The van der Waals surface area contributed by atoms with E-state index >= 15 is 0 Å². The summed E-state index contributed by atoms with van der Waals surface area (Å²) in [5.74, 6) is 0. The van der Waals surface area contributed by atoms with Gasteiger partial charge in [-0.05, 0) is 50.9 Å². The summed E-state index contributed by atoms with van der Waals surface area (Å²) < 4.78 is 0. The summed E-state index contributed by atoms with van der Waals surface area (Å²) in [7, 11) is 2.06. The Morgan fingerprint density at radius 2 is 2.00 bits per heavy atom. The van der Waals surface area contributed by atoms with Crippen molar-refractivity contribution in [3.8, 4) is 0 Å². The minimum atomic E-state index is 0.532. The van der Waals surface area contributed by atoms with Crippen molar-refractivity contribution >= 4 is 0 Å². The Hall–Kier alpha value is -0.860. The van der Waals surface area contributed by atoms with E-state index in [0.29, 0.717) is 12.1 Å². The van der Waals surface area contributed by atoms with E-state index in [2.05, 4.69) is 55.4 Å². The number of hydrogen-bond donors (Lipinski definition) is 1. The second-order valence-corrected chi connectivity index (χ2v) is 5.72. The molecule has 1 aromatic rings. The van der Waals surface area contributed by atoms with Crippen LogP contribution in [-0.4, -0.2) is 31.1 Å². The van der Waals surface area contributed by atoms with Crippen LogP contribution in [0.3, 0.4) is 0 Å². The summed E-state index contributed by atoms with van der Waals surface area (Å²) in [6.07, 6.45) is 5.18. The molecular weight excluding hydrogens is 232 g/mol. The Morgan fingerprint density at radius 1 is 1.26 bits per heavy atom. The molecule has 1 aliphatic heterocycles. The molecule has 0 bridgehead atoms. The summed E-state index contributed by atoms with van der Waals surface area (Å²) >= 11 is 0. The molecule has 1 aromatic carbocycles. The Bertz CT molecular complexity index is 369. The largest absolute Gasteiger partial charge is 0.318 e. The van der Waals surface area contributed by atoms with Crippen LogP contribution >= 0.6 is 0 Å². The molecular formula is C17H28N2. The number of nitrogens with zero attached hydrogens (tertiary/aromatic N) is 1. The third-order valence-corrected chi connectivity index (χ3v) is 4.48. The van der Waals surface area contributed by atoms with Crippen molar-refractivity contribution in [2.45, 2.75) is 51.6 Å². The maximum absolute atomic E-state index is 3.35. The smallest absolute Gasteiger partial charge is 0.0323 e. The van der Waals surface area contributed by atoms with E-state index in [1.54, 1.807) is 0 Å². The minimum absolute atomic E-state index is 0.532. The predicted molar refractivity (Wildman–Crippen MR) is 82.5 cm³/mol. The molecule has 1 saturated heterocycles. The molecule has 1 fully saturated rings. The molecule has 2 unspecified atom stereocenters. The third-order valence-electron chi connectivity index (χ3n) is 4.48. The molecule has 0 amide bonds. The zero-order chi connectivity index (χ0) is 13.7. The lowest BCUT2D eigenvalue weighted by atomic mass is 9.96. The first kappa shape index (κ1) is 14.5. The molecule has 0 aromatic heterocycles. The van der Waals surface area contributed by atoms with Crippen LogP contribution in [0.1, 0.15) is 50.3 Å². The molecule has 2 rings (SSSR count). The van der Waals surface area contributed by atoms with Crippen LogP contribution in [0.15, 0.2) is 24.3 Å². The van der Waals surface area contributed by atoms with Gasteiger partial charge in [0.2, 0.25) is 0 Å². The van der Waals surface area contributed by atoms with Crippen molar-refractivity contribution in [1.82, 2.24) is 10.2 Å². The second-order valence-electron chi connectivity index (χ2n) is 5.72. The fourth-order valence-electron chi connectivity index (χ4n) is 3.21. The highest BCUT2D eigenvalue weighted by molar-refractivity contribution is 5.25. The average Bonchev–Trinajstić information content (AvgIpc) is 2.47. The normalized spacial score (nSPS) is 22.4. The molecule has 19 heavy (non-hydrogen) atoms. The first-order chi connectivity index (χ1) is 9.26. The highest BCUT2D eigenvalue weighted by Crippen LogP contribution is 2.28. The summed E-state index contributed by atoms with van der Waals surface area (Å²) in [6, 6.07) is 10.4. The molecule has 2 heteroatoms. The van der Waals surface area contributed by atoms with Gasteiger partial charge in [-0.1, -0.05) is 37.6 Å². The Balaban J connectivity index is 2.08. The quantitative estimate of drug-likeness (QED) is 0.873. The van der Waals surface area contributed by atoms with E-state index in [9.17, 15) is 0 Å². The lowest BCUT2D eigenvalue weighted by Crippen LogP contribution is -2.45. The topological polar surface area (TPSA) is 15.3 Å². The number of nitrogens with one attached hydrogen (secondary N) is 1. The fraction of sp³-hybridized carbons (Fsp3) is 0.647. The van der Waals surface area contributed by atoms with Crippen molar-refractivity contribution in [3.05, 3.63) is 35.4 Å². The van der Waals surface area contributed by atoms with Gasteiger partial charge in [0.1, 0.15) is 0 Å². The zero-order valence-corrected chi connectivity index (χ0v) is 12.7. The van der Waals surface area contributed by atoms with Crippen LogP contribution in [0.4, 0.5) is 0 Å². The van der Waals surface area contributed by atoms with Gasteiger partial charge in [0.15, 0.2) is 0 Å². The molecule has 1 aliphatic rings. The summed E-state index contributed by atoms with van der Waals surface area (Å²) in [6.45, 7) is 6.92. The van der Waals surface area contributed by atoms with Crippen LogP contribution < -0.4 is 5.32 Å². The number of piperidine rings is 1. The van der Waals surface area contributed by atoms with E-state index < -0.39 is 0 Å². The molecule has 0 radical (unpaired) electrons. The van der Waals surface area contributed by atoms with Crippen LogP contribution in [0, 0.1) is 0 Å². The van der Waals surface area contributed by atoms with Crippen LogP contribution in [0.2, 0.25) is 0 Å². The first-order valence-corrected chi connectivity index (χ1v) is 7.75. The van der Waals surface area contributed by atoms with Gasteiger partial charge >= 0.3 is 0 Å². The van der Waals surface area contributed by atoms with Crippen molar-refractivity contribution in [2.24, 2.45) is 0 Å². The van der Waals surface area contributed by atoms with E-state index in [1.807, 2.05) is 0 Å². The van der Waals surface area contributed by atoms with E-state index in [1.165, 1.54) is 36.9 Å². The lowest BCUT2D eigenvalue weighted by molar-refractivity contribution is 0.103. The number of likely N-dealkylation sites (N-methyl/N-ethyl adjacent to an activating group) is 1. The van der Waals surface area contributed by atoms with Gasteiger partial charge in [-0.2, -0.15) is 0 Å². The van der Waals surface area contributed by atoms with Crippen LogP contribution in [0.25, 0.3) is 0 Å². The van der Waals surface area contributed by atoms with Crippen molar-refractivity contribution < 1.29 is 0 Å². The van der Waals surface area contributed by atoms with Crippen LogP contribution in [0.5, 0.6) is 0 Å². The zero-order valence-electron chi connectivity index (χ0n) is 12.7. The molecule has 0 spiro atoms. The molecule has 1 heterocycles. The van der Waals surface area contributed by atoms with E-state index in [4.69, 9.17) is 0 Å². The Morgan fingerprint density at radius 3 is 2.63 bits per heavy atom. The number of hydrogen-bond acceptors (Lipinski definition) is 2. The molecule has 0 aliphatic carbocycles. The molecule has 2 atom stereocenters. The maximum atomic E-state index is 3.35. The number of rotatable bonds is 5. The maximum Gasteiger partial charge on any atom is 0.0323 e. The highest BCUT2D eigenvalue weighted by Gasteiger charge is 2.26. The van der Waals surface area contributed by atoms with Gasteiger partial charge in [-0.15, -0.1) is 0 Å². The van der Waals surface area contributed by atoms with Crippen LogP contribution in [-0.2, 0) is 6.42 Å². The predicted octanol–water partition coefficient (Wildman–Crippen LogP) is 3.38. The van der Waals surface area contributed by atoms with E-state index in [0.717, 1.165) is 13.0 Å². The van der Waals surface area contributed by atoms with Gasteiger partial charge in [-0.25, -0.2) is 0 Å². The first-order valence-electron chi connectivity index (χ1n) is 7.75. The minimum Gasteiger partial charge on any atom is -0.318 e. The molecule has 0 saturated carbocycles. The number of aryl methyl sites for hydroxylation is 1. The average molecular weight is 260 g/mol. The van der Waals surface area contributed by atoms with Gasteiger partial charge < -0.3 is 5.32 Å². The van der Waals surface area contributed by atoms with Crippen molar-refractivity contribution in [2.75, 3.05) is 20.1 Å². The summed E-state index contributed by atoms with van der Waals surface area (Å²) in [4.78, 5) is 2.68. The monoisotopic (exact) mass is 260 g/mol. The van der Waals surface area contributed by atoms with Crippen molar-refractivity contribution in [3.63, 3.8) is 0 Å². The summed E-state index contributed by atoms with van der Waals surface area (Å²) in [5, 5.41) is 3.35. The second kappa shape index (κ2) is 7.06. The summed E-state index contributed by atoms with van der Waals surface area (Å²) in [5.41, 5.74) is 2.89. The molecule has 1 N–H and O–H groups in total. The molecule has 106 valence electrons. The van der Waals surface area contributed by atoms with Gasteiger partial charge in [0, 0.05) is 18.6 Å². The highest BCUT2D eigenvalue weighted by atomic mass is 15.2. The number of likely N-dealkylation sites (tertiary alicyclic amines) is 1. The fourth-order valence-corrected chi connectivity index (χ4v) is 3.21. The Kier molecular flexibility index (Phi) is 5.41. The van der Waals surface area contributed by atoms with Gasteiger partial charge in [-0.3, -0.25) is 4.90 Å². The molecule has 2 nitrogen and oxygen atoms in total. The van der Waals surface area contributed by atoms with Crippen molar-refractivity contribution in [1.29, 1.82) is 0 Å². The van der Waals surface area contributed by atoms with E-state index in [-0.39, 0.29) is 0 Å². The lowest BCUT2D eigenvalue weighted by Gasteiger charge is -2.40. The van der Waals surface area contributed by atoms with Gasteiger partial charge in [0.25, 0.3) is 0 Å². The Labute approximate surface area is 118 Å². The third kappa shape index (κ3) is 3.58. The van der Waals surface area contributed by atoms with Gasteiger partial charge in [0.05, 0.1) is 0 Å².